The van der Waals surface area contributed by atoms with Gasteiger partial charge in [0.25, 0.3) is 0 Å². The van der Waals surface area contributed by atoms with Crippen LogP contribution in [0.15, 0.2) is 28.7 Å². The molecule has 1 aromatic rings. The van der Waals surface area contributed by atoms with Crippen molar-refractivity contribution in [2.24, 2.45) is 11.7 Å². The molecule has 1 heterocycles. The molecule has 3 N–H and O–H groups in total. The highest BCUT2D eigenvalue weighted by molar-refractivity contribution is 9.10. The molecule has 0 aromatic heterocycles. The van der Waals surface area contributed by atoms with Crippen LogP contribution in [-0.4, -0.2) is 49.5 Å². The van der Waals surface area contributed by atoms with Gasteiger partial charge in [-0.1, -0.05) is 22.0 Å². The van der Waals surface area contributed by atoms with Crippen molar-refractivity contribution in [3.05, 3.63) is 28.7 Å². The average molecular weight is 412 g/mol. The van der Waals surface area contributed by atoms with Crippen LogP contribution in [0, 0.1) is 5.92 Å². The summed E-state index contributed by atoms with van der Waals surface area (Å²) in [5.74, 6) is 0.502. The molecule has 1 aliphatic heterocycles. The zero-order valence-electron chi connectivity index (χ0n) is 14.4. The molecule has 7 heteroatoms. The monoisotopic (exact) mass is 411 g/mol. The molecule has 2 rings (SSSR count). The summed E-state index contributed by atoms with van der Waals surface area (Å²) < 4.78 is 6.50. The van der Waals surface area contributed by atoms with Crippen molar-refractivity contribution in [3.8, 4) is 5.75 Å². The maximum Gasteiger partial charge on any atom is 0.223 e. The number of nitrogens with one attached hydrogen (secondary N) is 1. The van der Waals surface area contributed by atoms with E-state index in [1.165, 1.54) is 0 Å². The number of benzene rings is 1. The number of rotatable bonds is 9. The van der Waals surface area contributed by atoms with Gasteiger partial charge in [0, 0.05) is 17.6 Å². The van der Waals surface area contributed by atoms with Crippen molar-refractivity contribution in [1.29, 1.82) is 0 Å². The average Bonchev–Trinajstić information content (AvgIpc) is 2.59. The van der Waals surface area contributed by atoms with Gasteiger partial charge in [0.05, 0.1) is 18.9 Å². The molecule has 0 aliphatic carbocycles. The number of carbonyl (C=O) groups excluding carboxylic acids is 2. The number of primary amides is 1. The molecule has 138 valence electrons. The molecule has 1 unspecified atom stereocenters. The van der Waals surface area contributed by atoms with Crippen LogP contribution < -0.4 is 15.8 Å². The van der Waals surface area contributed by atoms with Crippen molar-refractivity contribution in [1.82, 2.24) is 10.2 Å². The fraction of sp³-hybridized carbons (Fsp3) is 0.556. The molecule has 25 heavy (non-hydrogen) atoms. The maximum absolute atomic E-state index is 11.8. The van der Waals surface area contributed by atoms with E-state index in [4.69, 9.17) is 10.5 Å². The van der Waals surface area contributed by atoms with Crippen LogP contribution in [-0.2, 0) is 9.59 Å². The van der Waals surface area contributed by atoms with Crippen LogP contribution in [0.4, 0.5) is 0 Å². The highest BCUT2D eigenvalue weighted by Gasteiger charge is 2.23. The van der Waals surface area contributed by atoms with Gasteiger partial charge >= 0.3 is 0 Å². The Balaban J connectivity index is 1.54. The highest BCUT2D eigenvalue weighted by atomic mass is 79.9. The highest BCUT2D eigenvalue weighted by Crippen LogP contribution is 2.18. The van der Waals surface area contributed by atoms with E-state index in [-0.39, 0.29) is 17.7 Å². The van der Waals surface area contributed by atoms with Crippen LogP contribution in [0.2, 0.25) is 0 Å². The topological polar surface area (TPSA) is 84.7 Å². The van der Waals surface area contributed by atoms with E-state index in [1.54, 1.807) is 0 Å². The zero-order chi connectivity index (χ0) is 18.1. The second-order valence-corrected chi connectivity index (χ2v) is 7.22. The Bertz CT molecular complexity index is 582. The Labute approximate surface area is 157 Å². The number of carbonyl (C=O) groups is 2. The van der Waals surface area contributed by atoms with Gasteiger partial charge in [-0.2, -0.15) is 0 Å². The van der Waals surface area contributed by atoms with Gasteiger partial charge in [-0.05, 0) is 50.6 Å². The predicted molar refractivity (Wildman–Crippen MR) is 100 cm³/mol. The second kappa shape index (κ2) is 10.4. The standard InChI is InChI=1S/C18H26BrN3O3/c19-15-5-1-6-16(12-15)25-11-7-17(23)21-8-3-10-22-9-2-4-14(13-22)18(20)24/h1,5-6,12,14H,2-4,7-11,13H2,(H2,20,24)(H,21,23). The molecular formula is C18H26BrN3O3. The third kappa shape index (κ3) is 7.44. The van der Waals surface area contributed by atoms with E-state index in [1.807, 2.05) is 24.3 Å². The van der Waals surface area contributed by atoms with Crippen molar-refractivity contribution in [3.63, 3.8) is 0 Å². The van der Waals surface area contributed by atoms with Crippen LogP contribution in [0.25, 0.3) is 0 Å². The molecule has 0 saturated carbocycles. The Kier molecular flexibility index (Phi) is 8.21. The van der Waals surface area contributed by atoms with Crippen molar-refractivity contribution >= 4 is 27.7 Å². The van der Waals surface area contributed by atoms with Crippen LogP contribution >= 0.6 is 15.9 Å². The van der Waals surface area contributed by atoms with Gasteiger partial charge < -0.3 is 20.7 Å². The first-order valence-electron chi connectivity index (χ1n) is 8.71. The first-order valence-corrected chi connectivity index (χ1v) is 9.50. The zero-order valence-corrected chi connectivity index (χ0v) is 16.0. The summed E-state index contributed by atoms with van der Waals surface area (Å²) in [5, 5.41) is 2.91. The minimum Gasteiger partial charge on any atom is -0.493 e. The van der Waals surface area contributed by atoms with Crippen molar-refractivity contribution in [2.45, 2.75) is 25.7 Å². The van der Waals surface area contributed by atoms with E-state index < -0.39 is 0 Å². The van der Waals surface area contributed by atoms with Crippen LogP contribution in [0.5, 0.6) is 5.75 Å². The Hall–Kier alpha value is -1.60. The Morgan fingerprint density at radius 2 is 2.24 bits per heavy atom. The number of hydrogen-bond donors (Lipinski definition) is 2. The number of likely N-dealkylation sites (tertiary alicyclic amines) is 1. The lowest BCUT2D eigenvalue weighted by molar-refractivity contribution is -0.123. The van der Waals surface area contributed by atoms with Gasteiger partial charge in [-0.25, -0.2) is 0 Å². The largest absolute Gasteiger partial charge is 0.493 e. The molecule has 1 aliphatic rings. The molecule has 1 fully saturated rings. The first-order chi connectivity index (χ1) is 12.0. The third-order valence-electron chi connectivity index (χ3n) is 4.28. The summed E-state index contributed by atoms with van der Waals surface area (Å²) >= 11 is 3.38. The molecule has 1 saturated heterocycles. The predicted octanol–water partition coefficient (Wildman–Crippen LogP) is 1.92. The molecule has 0 bridgehead atoms. The summed E-state index contributed by atoms with van der Waals surface area (Å²) in [6.45, 7) is 3.60. The summed E-state index contributed by atoms with van der Waals surface area (Å²) in [4.78, 5) is 25.3. The molecule has 1 aromatic carbocycles. The lowest BCUT2D eigenvalue weighted by Crippen LogP contribution is -2.42. The number of nitrogens with two attached hydrogens (primary N) is 1. The number of halogens is 1. The number of ether oxygens (including phenoxy) is 1. The lowest BCUT2D eigenvalue weighted by Gasteiger charge is -2.31. The fourth-order valence-corrected chi connectivity index (χ4v) is 3.31. The van der Waals surface area contributed by atoms with Gasteiger partial charge in [-0.3, -0.25) is 9.59 Å². The van der Waals surface area contributed by atoms with Gasteiger partial charge in [0.1, 0.15) is 5.75 Å². The summed E-state index contributed by atoms with van der Waals surface area (Å²) in [6, 6.07) is 7.55. The molecular weight excluding hydrogens is 386 g/mol. The SMILES string of the molecule is NC(=O)C1CCCN(CCCNC(=O)CCOc2cccc(Br)c2)C1. The summed E-state index contributed by atoms with van der Waals surface area (Å²) in [5.41, 5.74) is 5.38. The van der Waals surface area contributed by atoms with E-state index in [2.05, 4.69) is 26.1 Å². The minimum atomic E-state index is -0.205. The smallest absolute Gasteiger partial charge is 0.223 e. The first kappa shape index (κ1) is 19.7. The van der Waals surface area contributed by atoms with Crippen LogP contribution in [0.1, 0.15) is 25.7 Å². The Morgan fingerprint density at radius 3 is 3.00 bits per heavy atom. The molecule has 2 amide bonds. The number of nitrogens with zero attached hydrogens (tertiary/aromatic N) is 1. The summed E-state index contributed by atoms with van der Waals surface area (Å²) in [6.07, 6.45) is 3.09. The Morgan fingerprint density at radius 1 is 1.40 bits per heavy atom. The van der Waals surface area contributed by atoms with E-state index in [9.17, 15) is 9.59 Å². The molecule has 1 atom stereocenters. The second-order valence-electron chi connectivity index (χ2n) is 6.30. The van der Waals surface area contributed by atoms with Crippen molar-refractivity contribution < 1.29 is 14.3 Å². The third-order valence-corrected chi connectivity index (χ3v) is 4.77. The normalized spacial score (nSPS) is 17.9. The lowest BCUT2D eigenvalue weighted by atomic mass is 9.97. The maximum atomic E-state index is 11.8. The van der Waals surface area contributed by atoms with Crippen molar-refractivity contribution in [2.75, 3.05) is 32.8 Å². The quantitative estimate of drug-likeness (QED) is 0.607. The van der Waals surface area contributed by atoms with Gasteiger partial charge in [-0.15, -0.1) is 0 Å². The van der Waals surface area contributed by atoms with Crippen LogP contribution in [0.3, 0.4) is 0 Å². The fourth-order valence-electron chi connectivity index (χ4n) is 2.93. The van der Waals surface area contributed by atoms with E-state index in [0.29, 0.717) is 19.6 Å². The number of hydrogen-bond acceptors (Lipinski definition) is 4. The van der Waals surface area contributed by atoms with Gasteiger partial charge in [0.15, 0.2) is 0 Å². The minimum absolute atomic E-state index is 0.0105. The van der Waals surface area contributed by atoms with E-state index in [0.717, 1.165) is 49.1 Å². The van der Waals surface area contributed by atoms with Gasteiger partial charge in [0.2, 0.25) is 11.8 Å². The van der Waals surface area contributed by atoms with E-state index >= 15 is 0 Å². The summed E-state index contributed by atoms with van der Waals surface area (Å²) in [7, 11) is 0. The molecule has 0 radical (unpaired) electrons. The number of amides is 2. The molecule has 0 spiro atoms. The molecule has 6 nitrogen and oxygen atoms in total. The number of piperidine rings is 1.